The molecule has 5 heteroatoms. The Morgan fingerprint density at radius 2 is 2.36 bits per heavy atom. The molecule has 0 saturated heterocycles. The SMILES string of the molecule is CN=C(/C=C\C(C)Br)[N+](=O)[O-]. The van der Waals surface area contributed by atoms with E-state index in [1.807, 2.05) is 6.92 Å². The minimum Gasteiger partial charge on any atom is -0.358 e. The molecule has 11 heavy (non-hydrogen) atoms. The van der Waals surface area contributed by atoms with E-state index in [0.29, 0.717) is 0 Å². The van der Waals surface area contributed by atoms with Crippen LogP contribution in [0.25, 0.3) is 0 Å². The molecule has 0 aromatic carbocycles. The Morgan fingerprint density at radius 1 is 1.82 bits per heavy atom. The van der Waals surface area contributed by atoms with Gasteiger partial charge < -0.3 is 10.1 Å². The standard InChI is InChI=1S/C6H9BrN2O2/c1-5(7)3-4-6(8-2)9(10)11/h3-5H,1-2H3/b4-3-,8-6?. The quantitative estimate of drug-likeness (QED) is 0.234. The normalized spacial score (nSPS) is 15.4. The summed E-state index contributed by atoms with van der Waals surface area (Å²) in [5, 5.41) is 10.2. The van der Waals surface area contributed by atoms with E-state index in [1.54, 1.807) is 6.08 Å². The van der Waals surface area contributed by atoms with Crippen LogP contribution >= 0.6 is 15.9 Å². The van der Waals surface area contributed by atoms with Crippen molar-refractivity contribution in [3.63, 3.8) is 0 Å². The second-order valence-electron chi connectivity index (χ2n) is 1.88. The summed E-state index contributed by atoms with van der Waals surface area (Å²) < 4.78 is 0. The lowest BCUT2D eigenvalue weighted by molar-refractivity contribution is -0.348. The zero-order chi connectivity index (χ0) is 8.85. The van der Waals surface area contributed by atoms with Gasteiger partial charge in [0.15, 0.2) is 0 Å². The molecule has 0 aromatic rings. The van der Waals surface area contributed by atoms with Crippen molar-refractivity contribution in [2.24, 2.45) is 4.99 Å². The van der Waals surface area contributed by atoms with Crippen LogP contribution in [0.1, 0.15) is 6.92 Å². The van der Waals surface area contributed by atoms with E-state index < -0.39 is 4.92 Å². The Labute approximate surface area is 73.3 Å². The fraction of sp³-hybridized carbons (Fsp3) is 0.500. The molecule has 0 aliphatic rings. The van der Waals surface area contributed by atoms with Gasteiger partial charge >= 0.3 is 5.84 Å². The third-order valence-electron chi connectivity index (χ3n) is 0.927. The van der Waals surface area contributed by atoms with Crippen LogP contribution in [0.4, 0.5) is 0 Å². The topological polar surface area (TPSA) is 55.5 Å². The average molecular weight is 221 g/mol. The van der Waals surface area contributed by atoms with Crippen molar-refractivity contribution in [1.82, 2.24) is 0 Å². The van der Waals surface area contributed by atoms with Crippen molar-refractivity contribution in [2.45, 2.75) is 11.8 Å². The minimum atomic E-state index is -0.522. The van der Waals surface area contributed by atoms with Crippen LogP contribution in [0.3, 0.4) is 0 Å². The summed E-state index contributed by atoms with van der Waals surface area (Å²) in [4.78, 5) is 13.2. The van der Waals surface area contributed by atoms with Crippen LogP contribution < -0.4 is 0 Å². The van der Waals surface area contributed by atoms with Gasteiger partial charge in [-0.2, -0.15) is 0 Å². The number of aliphatic imine (C=N–C) groups is 1. The average Bonchev–Trinajstić information content (AvgIpc) is 1.87. The maximum Gasteiger partial charge on any atom is 0.357 e. The van der Waals surface area contributed by atoms with Gasteiger partial charge in [-0.25, -0.2) is 0 Å². The molecule has 1 unspecified atom stereocenters. The minimum absolute atomic E-state index is 0.124. The van der Waals surface area contributed by atoms with Gasteiger partial charge in [-0.3, -0.25) is 0 Å². The summed E-state index contributed by atoms with van der Waals surface area (Å²) >= 11 is 3.22. The zero-order valence-electron chi connectivity index (χ0n) is 6.32. The summed E-state index contributed by atoms with van der Waals surface area (Å²) in [5.74, 6) is -0.128. The van der Waals surface area contributed by atoms with Crippen molar-refractivity contribution in [1.29, 1.82) is 0 Å². The number of rotatable bonds is 2. The Hall–Kier alpha value is -0.710. The molecule has 0 N–H and O–H groups in total. The van der Waals surface area contributed by atoms with Gasteiger partial charge in [0.1, 0.15) is 7.05 Å². The van der Waals surface area contributed by atoms with Gasteiger partial charge in [-0.15, -0.1) is 0 Å². The molecule has 0 rings (SSSR count). The zero-order valence-corrected chi connectivity index (χ0v) is 7.91. The Kier molecular flexibility index (Phi) is 4.69. The van der Waals surface area contributed by atoms with Crippen LogP contribution in [-0.2, 0) is 0 Å². The molecule has 4 nitrogen and oxygen atoms in total. The summed E-state index contributed by atoms with van der Waals surface area (Å²) in [6.07, 6.45) is 3.03. The summed E-state index contributed by atoms with van der Waals surface area (Å²) in [5.41, 5.74) is 0. The predicted octanol–water partition coefficient (Wildman–Crippen LogP) is 1.63. The maximum atomic E-state index is 10.2. The highest BCUT2D eigenvalue weighted by Crippen LogP contribution is 1.98. The Morgan fingerprint density at radius 3 is 2.64 bits per heavy atom. The molecule has 0 aliphatic carbocycles. The smallest absolute Gasteiger partial charge is 0.357 e. The molecule has 0 radical (unpaired) electrons. The number of nitro groups is 1. The summed E-state index contributed by atoms with van der Waals surface area (Å²) in [6, 6.07) is 0. The highest BCUT2D eigenvalue weighted by Gasteiger charge is 2.03. The molecule has 0 heterocycles. The van der Waals surface area contributed by atoms with E-state index in [0.717, 1.165) is 0 Å². The van der Waals surface area contributed by atoms with Crippen molar-refractivity contribution < 1.29 is 4.92 Å². The fourth-order valence-electron chi connectivity index (χ4n) is 0.436. The molecule has 1 atom stereocenters. The molecule has 0 amide bonds. The van der Waals surface area contributed by atoms with E-state index in [2.05, 4.69) is 20.9 Å². The maximum absolute atomic E-state index is 10.2. The first-order chi connectivity index (χ1) is 5.07. The highest BCUT2D eigenvalue weighted by atomic mass is 79.9. The first kappa shape index (κ1) is 10.3. The van der Waals surface area contributed by atoms with Crippen LogP contribution in [-0.4, -0.2) is 22.6 Å². The van der Waals surface area contributed by atoms with Crippen LogP contribution in [0.15, 0.2) is 17.1 Å². The van der Waals surface area contributed by atoms with E-state index in [4.69, 9.17) is 0 Å². The van der Waals surface area contributed by atoms with E-state index >= 15 is 0 Å². The van der Waals surface area contributed by atoms with Gasteiger partial charge in [0, 0.05) is 10.9 Å². The molecule has 0 bridgehead atoms. The molecule has 0 aromatic heterocycles. The van der Waals surface area contributed by atoms with Gasteiger partial charge in [0.25, 0.3) is 0 Å². The van der Waals surface area contributed by atoms with E-state index in [-0.39, 0.29) is 10.7 Å². The van der Waals surface area contributed by atoms with Gasteiger partial charge in [0.05, 0.1) is 0 Å². The molecular weight excluding hydrogens is 212 g/mol. The van der Waals surface area contributed by atoms with E-state index in [9.17, 15) is 10.1 Å². The molecule has 62 valence electrons. The van der Waals surface area contributed by atoms with Gasteiger partial charge in [0.2, 0.25) is 0 Å². The Balaban J connectivity index is 4.22. The first-order valence-electron chi connectivity index (χ1n) is 3.01. The number of alkyl halides is 1. The van der Waals surface area contributed by atoms with Crippen molar-refractivity contribution in [2.75, 3.05) is 7.05 Å². The largest absolute Gasteiger partial charge is 0.358 e. The first-order valence-corrected chi connectivity index (χ1v) is 3.93. The molecule has 0 spiro atoms. The Bertz CT molecular complexity index is 199. The van der Waals surface area contributed by atoms with Crippen LogP contribution in [0.5, 0.6) is 0 Å². The number of amidine groups is 1. The summed E-state index contributed by atoms with van der Waals surface area (Å²) in [7, 11) is 1.39. The fourth-order valence-corrected chi connectivity index (χ4v) is 0.588. The lowest BCUT2D eigenvalue weighted by Gasteiger charge is -1.91. The van der Waals surface area contributed by atoms with Crippen LogP contribution in [0, 0.1) is 10.1 Å². The third-order valence-corrected chi connectivity index (χ3v) is 1.23. The number of allylic oxidation sites excluding steroid dienone is 1. The predicted molar refractivity (Wildman–Crippen MR) is 47.9 cm³/mol. The van der Waals surface area contributed by atoms with Crippen molar-refractivity contribution in [3.8, 4) is 0 Å². The number of halogens is 1. The number of hydrogen-bond acceptors (Lipinski definition) is 3. The highest BCUT2D eigenvalue weighted by molar-refractivity contribution is 9.09. The monoisotopic (exact) mass is 220 g/mol. The molecular formula is C6H9BrN2O2. The molecule has 0 aliphatic heterocycles. The lowest BCUT2D eigenvalue weighted by Crippen LogP contribution is -2.08. The van der Waals surface area contributed by atoms with Crippen LogP contribution in [0.2, 0.25) is 0 Å². The number of hydrogen-bond donors (Lipinski definition) is 0. The summed E-state index contributed by atoms with van der Waals surface area (Å²) in [6.45, 7) is 1.86. The second-order valence-corrected chi connectivity index (χ2v) is 3.32. The van der Waals surface area contributed by atoms with Gasteiger partial charge in [-0.05, 0) is 11.8 Å². The van der Waals surface area contributed by atoms with Crippen molar-refractivity contribution >= 4 is 21.8 Å². The van der Waals surface area contributed by atoms with Gasteiger partial charge in [-0.1, -0.05) is 27.0 Å². The second kappa shape index (κ2) is 5.01. The van der Waals surface area contributed by atoms with E-state index in [1.165, 1.54) is 13.1 Å². The molecule has 0 fully saturated rings. The number of nitrogens with zero attached hydrogens (tertiary/aromatic N) is 2. The third kappa shape index (κ3) is 4.66. The van der Waals surface area contributed by atoms with Crippen molar-refractivity contribution in [3.05, 3.63) is 22.3 Å². The lowest BCUT2D eigenvalue weighted by atomic mass is 10.4. The molecule has 0 saturated carbocycles.